The van der Waals surface area contributed by atoms with Crippen LogP contribution in [0.4, 0.5) is 5.69 Å². The number of nitrogens with two attached hydrogens (primary N) is 1. The average molecular weight is 477 g/mol. The Labute approximate surface area is 202 Å². The first kappa shape index (κ1) is 22.7. The minimum atomic E-state index is -0.377. The number of fused-ring (bicyclic) bond motifs is 1. The minimum Gasteiger partial charge on any atom is -0.489 e. The second-order valence-electron chi connectivity index (χ2n) is 9.22. The molecule has 2 aliphatic rings. The highest BCUT2D eigenvalue weighted by molar-refractivity contribution is 7.18. The van der Waals surface area contributed by atoms with Gasteiger partial charge in [-0.05, 0) is 75.3 Å². The van der Waals surface area contributed by atoms with Gasteiger partial charge < -0.3 is 15.6 Å². The number of anilines is 1. The second-order valence-corrected chi connectivity index (χ2v) is 10.2. The molecule has 0 aliphatic heterocycles. The number of ether oxygens (including phenoxy) is 1. The lowest BCUT2D eigenvalue weighted by Gasteiger charge is -2.12. The number of benzene rings is 2. The molecule has 2 unspecified atom stereocenters. The number of nitrogen functional groups attached to an aromatic ring is 1. The summed E-state index contributed by atoms with van der Waals surface area (Å²) >= 11 is 1.52. The summed E-state index contributed by atoms with van der Waals surface area (Å²) in [6.07, 6.45) is 3.13. The lowest BCUT2D eigenvalue weighted by Crippen LogP contribution is -2.12. The van der Waals surface area contributed by atoms with Crippen molar-refractivity contribution >= 4 is 28.6 Å². The molecular formula is C26H28N4O3S. The van der Waals surface area contributed by atoms with Crippen molar-refractivity contribution in [3.05, 3.63) is 47.5 Å². The van der Waals surface area contributed by atoms with E-state index in [0.29, 0.717) is 30.7 Å². The van der Waals surface area contributed by atoms with E-state index in [4.69, 9.17) is 10.5 Å². The molecule has 1 amide bonds. The molecule has 0 saturated heterocycles. The Morgan fingerprint density at radius 3 is 2.68 bits per heavy atom. The fraction of sp³-hybridized carbons (Fsp3) is 0.385. The highest BCUT2D eigenvalue weighted by Gasteiger charge is 2.30. The summed E-state index contributed by atoms with van der Waals surface area (Å²) < 4.78 is 5.73. The number of aromatic nitrogens is 2. The monoisotopic (exact) mass is 476 g/mol. The number of aliphatic hydroxyl groups excluding tert-OH is 1. The normalized spacial score (nSPS) is 20.8. The van der Waals surface area contributed by atoms with Gasteiger partial charge in [0.05, 0.1) is 23.6 Å². The van der Waals surface area contributed by atoms with E-state index >= 15 is 0 Å². The molecule has 34 heavy (non-hydrogen) atoms. The van der Waals surface area contributed by atoms with Crippen molar-refractivity contribution in [2.75, 3.05) is 5.73 Å². The number of carbonyl (C=O) groups is 1. The molecule has 1 saturated carbocycles. The Hall–Kier alpha value is -3.10. The summed E-state index contributed by atoms with van der Waals surface area (Å²) in [6.45, 7) is 3.93. The Bertz CT molecular complexity index is 1270. The largest absolute Gasteiger partial charge is 0.489 e. The van der Waals surface area contributed by atoms with Crippen LogP contribution in [0, 0.1) is 5.92 Å². The molecule has 1 aromatic heterocycles. The van der Waals surface area contributed by atoms with Gasteiger partial charge in [-0.15, -0.1) is 10.2 Å². The molecular weight excluding hydrogens is 448 g/mol. The highest BCUT2D eigenvalue weighted by Crippen LogP contribution is 2.38. The van der Waals surface area contributed by atoms with Crippen molar-refractivity contribution in [1.82, 2.24) is 10.2 Å². The van der Waals surface area contributed by atoms with E-state index in [1.54, 1.807) is 0 Å². The number of amides is 1. The zero-order chi connectivity index (χ0) is 23.8. The molecule has 2 atom stereocenters. The standard InChI is InChI=1S/C26H28N4O3S/c1-14(2)33-23-11-7-16(13-21(23)27)25-29-30-26(34-25)20-5-3-4-19-18(20)9-10-22(19)28-24(32)15-6-8-17(31)12-15/h3-5,7,11,13-15,17,31H,6,8-10,12,27H2,1-2H3/b28-22-. The molecule has 8 heteroatoms. The van der Waals surface area contributed by atoms with Crippen LogP contribution >= 0.6 is 11.3 Å². The third-order valence-electron chi connectivity index (χ3n) is 6.37. The van der Waals surface area contributed by atoms with Gasteiger partial charge in [0.2, 0.25) is 5.91 Å². The zero-order valence-corrected chi connectivity index (χ0v) is 20.1. The topological polar surface area (TPSA) is 111 Å². The Balaban J connectivity index is 1.40. The summed E-state index contributed by atoms with van der Waals surface area (Å²) in [6, 6.07) is 11.7. The molecule has 2 aliphatic carbocycles. The molecule has 5 rings (SSSR count). The Morgan fingerprint density at radius 2 is 1.94 bits per heavy atom. The van der Waals surface area contributed by atoms with Gasteiger partial charge >= 0.3 is 0 Å². The number of rotatable bonds is 5. The van der Waals surface area contributed by atoms with E-state index < -0.39 is 0 Å². The second kappa shape index (κ2) is 9.27. The molecule has 7 nitrogen and oxygen atoms in total. The van der Waals surface area contributed by atoms with Crippen molar-refractivity contribution in [1.29, 1.82) is 0 Å². The van der Waals surface area contributed by atoms with E-state index in [2.05, 4.69) is 21.3 Å². The van der Waals surface area contributed by atoms with Crippen LogP contribution in [0.3, 0.4) is 0 Å². The molecule has 176 valence electrons. The van der Waals surface area contributed by atoms with E-state index in [1.165, 1.54) is 11.3 Å². The Kier molecular flexibility index (Phi) is 6.18. The zero-order valence-electron chi connectivity index (χ0n) is 19.3. The maximum atomic E-state index is 12.6. The van der Waals surface area contributed by atoms with Crippen LogP contribution in [0.25, 0.3) is 21.1 Å². The first-order valence-electron chi connectivity index (χ1n) is 11.7. The van der Waals surface area contributed by atoms with Crippen LogP contribution in [0.5, 0.6) is 5.75 Å². The number of hydrogen-bond acceptors (Lipinski definition) is 7. The number of aliphatic imine (C=N–C) groups is 1. The maximum absolute atomic E-state index is 12.6. The van der Waals surface area contributed by atoms with Gasteiger partial charge in [-0.1, -0.05) is 29.5 Å². The predicted molar refractivity (Wildman–Crippen MR) is 134 cm³/mol. The van der Waals surface area contributed by atoms with Gasteiger partial charge in [-0.3, -0.25) is 4.79 Å². The summed E-state index contributed by atoms with van der Waals surface area (Å²) in [5.74, 6) is 0.397. The van der Waals surface area contributed by atoms with Gasteiger partial charge in [0, 0.05) is 17.0 Å². The van der Waals surface area contributed by atoms with Gasteiger partial charge in [0.15, 0.2) is 0 Å². The Morgan fingerprint density at radius 1 is 1.15 bits per heavy atom. The number of carbonyl (C=O) groups excluding carboxylic acids is 1. The van der Waals surface area contributed by atoms with E-state index in [-0.39, 0.29) is 24.0 Å². The van der Waals surface area contributed by atoms with Crippen LogP contribution < -0.4 is 10.5 Å². The molecule has 3 aromatic rings. The van der Waals surface area contributed by atoms with Crippen molar-refractivity contribution in [2.45, 2.75) is 58.2 Å². The van der Waals surface area contributed by atoms with Gasteiger partial charge in [0.25, 0.3) is 0 Å². The number of hydrogen-bond donors (Lipinski definition) is 2. The molecule has 3 N–H and O–H groups in total. The van der Waals surface area contributed by atoms with E-state index in [1.807, 2.05) is 44.2 Å². The van der Waals surface area contributed by atoms with Crippen LogP contribution in [-0.2, 0) is 11.2 Å². The summed E-state index contributed by atoms with van der Waals surface area (Å²) in [4.78, 5) is 17.1. The molecule has 2 aromatic carbocycles. The summed E-state index contributed by atoms with van der Waals surface area (Å²) in [7, 11) is 0. The third-order valence-corrected chi connectivity index (χ3v) is 7.38. The maximum Gasteiger partial charge on any atom is 0.249 e. The average Bonchev–Trinajstić information content (AvgIpc) is 3.55. The number of nitrogens with zero attached hydrogens (tertiary/aromatic N) is 3. The molecule has 0 spiro atoms. The van der Waals surface area contributed by atoms with Gasteiger partial charge in [-0.25, -0.2) is 4.99 Å². The molecule has 1 fully saturated rings. The van der Waals surface area contributed by atoms with Crippen molar-refractivity contribution in [3.63, 3.8) is 0 Å². The fourth-order valence-electron chi connectivity index (χ4n) is 4.72. The fourth-order valence-corrected chi connectivity index (χ4v) is 5.61. The van der Waals surface area contributed by atoms with Crippen molar-refractivity contribution < 1.29 is 14.6 Å². The first-order chi connectivity index (χ1) is 16.4. The molecule has 0 bridgehead atoms. The lowest BCUT2D eigenvalue weighted by molar-refractivity contribution is -0.121. The highest BCUT2D eigenvalue weighted by atomic mass is 32.1. The quantitative estimate of drug-likeness (QED) is 0.518. The minimum absolute atomic E-state index is 0.0509. The van der Waals surface area contributed by atoms with Crippen LogP contribution in [0.2, 0.25) is 0 Å². The smallest absolute Gasteiger partial charge is 0.249 e. The van der Waals surface area contributed by atoms with Crippen LogP contribution in [-0.4, -0.2) is 39.1 Å². The predicted octanol–water partition coefficient (Wildman–Crippen LogP) is 4.66. The van der Waals surface area contributed by atoms with Crippen LogP contribution in [0.1, 0.15) is 50.7 Å². The SMILES string of the molecule is CC(C)Oc1ccc(-c2nnc(-c3cccc4c3CC/C4=N/C(=O)C3CCC(O)C3)s2)cc1N. The van der Waals surface area contributed by atoms with E-state index in [0.717, 1.165) is 50.8 Å². The molecule has 1 heterocycles. The van der Waals surface area contributed by atoms with Crippen LogP contribution in [0.15, 0.2) is 41.4 Å². The first-order valence-corrected chi connectivity index (χ1v) is 12.5. The summed E-state index contributed by atoms with van der Waals surface area (Å²) in [5, 5.41) is 20.2. The number of aliphatic hydroxyl groups is 1. The lowest BCUT2D eigenvalue weighted by atomic mass is 10.0. The van der Waals surface area contributed by atoms with Gasteiger partial charge in [0.1, 0.15) is 15.8 Å². The van der Waals surface area contributed by atoms with Gasteiger partial charge in [-0.2, -0.15) is 0 Å². The van der Waals surface area contributed by atoms with Crippen molar-refractivity contribution in [3.8, 4) is 26.9 Å². The molecule has 0 radical (unpaired) electrons. The third kappa shape index (κ3) is 4.48. The van der Waals surface area contributed by atoms with E-state index in [9.17, 15) is 9.90 Å². The summed E-state index contributed by atoms with van der Waals surface area (Å²) in [5.41, 5.74) is 11.7. The van der Waals surface area contributed by atoms with Crippen molar-refractivity contribution in [2.24, 2.45) is 10.9 Å².